The summed E-state index contributed by atoms with van der Waals surface area (Å²) in [6.07, 6.45) is 4.03. The van der Waals surface area contributed by atoms with E-state index >= 15 is 0 Å². The predicted molar refractivity (Wildman–Crippen MR) is 118 cm³/mol. The van der Waals surface area contributed by atoms with Crippen LogP contribution in [0.15, 0.2) is 54.6 Å². The van der Waals surface area contributed by atoms with Gasteiger partial charge < -0.3 is 15.1 Å². The maximum Gasteiger partial charge on any atom is 0.318 e. The molecule has 0 bridgehead atoms. The molecule has 2 aliphatic rings. The summed E-state index contributed by atoms with van der Waals surface area (Å²) in [5.74, 6) is 0.863. The van der Waals surface area contributed by atoms with Crippen LogP contribution in [0.5, 0.6) is 0 Å². The van der Waals surface area contributed by atoms with E-state index in [2.05, 4.69) is 30.4 Å². The van der Waals surface area contributed by atoms with Gasteiger partial charge in [0.2, 0.25) is 5.91 Å². The van der Waals surface area contributed by atoms with Crippen LogP contribution in [-0.2, 0) is 17.9 Å². The standard InChI is InChI=1S/C25H31N3O2/c1-19(23-9-3-2-4-10-23)28(18-20-12-13-20)25(30)26-16-21-7-5-8-22(15-21)17-27-14-6-11-24(27)29/h2-5,7-10,15,19-20H,6,11-14,16-18H2,1H3,(H,26,30). The number of benzene rings is 2. The van der Waals surface area contributed by atoms with E-state index in [1.54, 1.807) is 0 Å². The lowest BCUT2D eigenvalue weighted by atomic mass is 10.1. The van der Waals surface area contributed by atoms with Crippen molar-refractivity contribution >= 4 is 11.9 Å². The van der Waals surface area contributed by atoms with Crippen molar-refractivity contribution < 1.29 is 9.59 Å². The van der Waals surface area contributed by atoms with E-state index in [9.17, 15) is 9.59 Å². The zero-order chi connectivity index (χ0) is 20.9. The number of likely N-dealkylation sites (tertiary alicyclic amines) is 1. The van der Waals surface area contributed by atoms with E-state index in [1.165, 1.54) is 12.8 Å². The lowest BCUT2D eigenvalue weighted by molar-refractivity contribution is -0.128. The Kier molecular flexibility index (Phi) is 6.36. The molecule has 5 nitrogen and oxygen atoms in total. The van der Waals surface area contributed by atoms with Crippen molar-refractivity contribution in [1.29, 1.82) is 0 Å². The first-order valence-electron chi connectivity index (χ1n) is 11.0. The summed E-state index contributed by atoms with van der Waals surface area (Å²) >= 11 is 0. The first kappa shape index (κ1) is 20.5. The van der Waals surface area contributed by atoms with Crippen LogP contribution in [0.3, 0.4) is 0 Å². The molecule has 1 aliphatic heterocycles. The van der Waals surface area contributed by atoms with Crippen LogP contribution in [-0.4, -0.2) is 34.8 Å². The van der Waals surface area contributed by atoms with Crippen molar-refractivity contribution in [3.05, 3.63) is 71.3 Å². The maximum atomic E-state index is 13.1. The van der Waals surface area contributed by atoms with Crippen LogP contribution in [0.25, 0.3) is 0 Å². The van der Waals surface area contributed by atoms with Crippen LogP contribution in [0.1, 0.15) is 55.3 Å². The molecule has 1 saturated heterocycles. The quantitative estimate of drug-likeness (QED) is 0.703. The molecule has 1 atom stereocenters. The molecular weight excluding hydrogens is 374 g/mol. The second-order valence-electron chi connectivity index (χ2n) is 8.58. The molecule has 0 aromatic heterocycles. The molecule has 2 aromatic carbocycles. The fourth-order valence-corrected chi connectivity index (χ4v) is 4.12. The number of nitrogens with one attached hydrogen (secondary N) is 1. The number of rotatable bonds is 8. The number of urea groups is 1. The number of carbonyl (C=O) groups excluding carboxylic acids is 2. The van der Waals surface area contributed by atoms with E-state index < -0.39 is 0 Å². The molecule has 158 valence electrons. The van der Waals surface area contributed by atoms with Crippen molar-refractivity contribution in [2.45, 2.75) is 51.7 Å². The topological polar surface area (TPSA) is 52.7 Å². The van der Waals surface area contributed by atoms with E-state index in [4.69, 9.17) is 0 Å². The zero-order valence-corrected chi connectivity index (χ0v) is 17.7. The number of hydrogen-bond acceptors (Lipinski definition) is 2. The van der Waals surface area contributed by atoms with Gasteiger partial charge in [0.1, 0.15) is 0 Å². The molecule has 3 amide bonds. The van der Waals surface area contributed by atoms with Gasteiger partial charge in [-0.05, 0) is 48.8 Å². The highest BCUT2D eigenvalue weighted by atomic mass is 16.2. The second-order valence-corrected chi connectivity index (χ2v) is 8.58. The first-order chi connectivity index (χ1) is 14.6. The minimum atomic E-state index is -0.0154. The maximum absolute atomic E-state index is 13.1. The highest BCUT2D eigenvalue weighted by Gasteiger charge is 2.30. The summed E-state index contributed by atoms with van der Waals surface area (Å²) in [5.41, 5.74) is 3.33. The Morgan fingerprint density at radius 1 is 1.13 bits per heavy atom. The van der Waals surface area contributed by atoms with Gasteiger partial charge in [-0.25, -0.2) is 4.79 Å². The Hall–Kier alpha value is -2.82. The minimum absolute atomic E-state index is 0.0154. The lowest BCUT2D eigenvalue weighted by Crippen LogP contribution is -2.42. The normalized spacial score (nSPS) is 17.1. The fraction of sp³-hybridized carbons (Fsp3) is 0.440. The third-order valence-electron chi connectivity index (χ3n) is 6.14. The van der Waals surface area contributed by atoms with Gasteiger partial charge in [0.05, 0.1) is 6.04 Å². The summed E-state index contributed by atoms with van der Waals surface area (Å²) in [6.45, 7) is 4.89. The highest BCUT2D eigenvalue weighted by Crippen LogP contribution is 2.32. The molecule has 0 spiro atoms. The Balaban J connectivity index is 1.38. The van der Waals surface area contributed by atoms with E-state index in [0.29, 0.717) is 25.4 Å². The smallest absolute Gasteiger partial charge is 0.318 e. The van der Waals surface area contributed by atoms with Gasteiger partial charge in [0.25, 0.3) is 0 Å². The summed E-state index contributed by atoms with van der Waals surface area (Å²) in [7, 11) is 0. The van der Waals surface area contributed by atoms with Gasteiger partial charge in [-0.3, -0.25) is 4.79 Å². The summed E-state index contributed by atoms with van der Waals surface area (Å²) in [5, 5.41) is 3.12. The van der Waals surface area contributed by atoms with Gasteiger partial charge in [0.15, 0.2) is 0 Å². The van der Waals surface area contributed by atoms with Crippen molar-refractivity contribution in [1.82, 2.24) is 15.1 Å². The molecule has 2 aromatic rings. The van der Waals surface area contributed by atoms with Gasteiger partial charge in [0, 0.05) is 32.6 Å². The van der Waals surface area contributed by atoms with E-state index in [1.807, 2.05) is 46.2 Å². The van der Waals surface area contributed by atoms with Crippen molar-refractivity contribution in [2.24, 2.45) is 5.92 Å². The zero-order valence-electron chi connectivity index (χ0n) is 17.7. The SMILES string of the molecule is CC(c1ccccc1)N(CC1CC1)C(=O)NCc1cccc(CN2CCCC2=O)c1. The molecule has 1 saturated carbocycles. The van der Waals surface area contributed by atoms with Crippen molar-refractivity contribution in [3.8, 4) is 0 Å². The van der Waals surface area contributed by atoms with E-state index in [-0.39, 0.29) is 18.0 Å². The second kappa shape index (κ2) is 9.33. The summed E-state index contributed by atoms with van der Waals surface area (Å²) < 4.78 is 0. The summed E-state index contributed by atoms with van der Waals surface area (Å²) in [4.78, 5) is 28.8. The number of carbonyl (C=O) groups is 2. The molecule has 5 heteroatoms. The predicted octanol–water partition coefficient (Wildman–Crippen LogP) is 4.49. The molecule has 0 radical (unpaired) electrons. The molecule has 1 N–H and O–H groups in total. The van der Waals surface area contributed by atoms with Crippen LogP contribution in [0.4, 0.5) is 4.79 Å². The van der Waals surface area contributed by atoms with Crippen LogP contribution >= 0.6 is 0 Å². The Labute approximate surface area is 179 Å². The molecule has 1 heterocycles. The van der Waals surface area contributed by atoms with Gasteiger partial charge in [-0.15, -0.1) is 0 Å². The van der Waals surface area contributed by atoms with Crippen molar-refractivity contribution in [3.63, 3.8) is 0 Å². The molecule has 1 unspecified atom stereocenters. The largest absolute Gasteiger partial charge is 0.338 e. The molecule has 30 heavy (non-hydrogen) atoms. The highest BCUT2D eigenvalue weighted by molar-refractivity contribution is 5.78. The van der Waals surface area contributed by atoms with Crippen molar-refractivity contribution in [2.75, 3.05) is 13.1 Å². The fourth-order valence-electron chi connectivity index (χ4n) is 4.12. The number of nitrogens with zero attached hydrogens (tertiary/aromatic N) is 2. The molecule has 1 aliphatic carbocycles. The average Bonchev–Trinajstić information content (AvgIpc) is 3.51. The molecular formula is C25H31N3O2. The monoisotopic (exact) mass is 405 g/mol. The Bertz CT molecular complexity index is 879. The van der Waals surface area contributed by atoms with Gasteiger partial charge >= 0.3 is 6.03 Å². The van der Waals surface area contributed by atoms with Gasteiger partial charge in [-0.2, -0.15) is 0 Å². The van der Waals surface area contributed by atoms with Crippen LogP contribution < -0.4 is 5.32 Å². The molecule has 4 rings (SSSR count). The Morgan fingerprint density at radius 3 is 2.60 bits per heavy atom. The van der Waals surface area contributed by atoms with Gasteiger partial charge in [-0.1, -0.05) is 54.6 Å². The van der Waals surface area contributed by atoms with E-state index in [0.717, 1.165) is 36.2 Å². The van der Waals surface area contributed by atoms with Crippen LogP contribution in [0, 0.1) is 5.92 Å². The third-order valence-corrected chi connectivity index (χ3v) is 6.14. The first-order valence-corrected chi connectivity index (χ1v) is 11.0. The van der Waals surface area contributed by atoms with Crippen LogP contribution in [0.2, 0.25) is 0 Å². The Morgan fingerprint density at radius 2 is 1.90 bits per heavy atom. The minimum Gasteiger partial charge on any atom is -0.338 e. The summed E-state index contributed by atoms with van der Waals surface area (Å²) in [6, 6.07) is 18.4. The number of amides is 3. The lowest BCUT2D eigenvalue weighted by Gasteiger charge is -2.30. The molecule has 2 fully saturated rings. The number of hydrogen-bond donors (Lipinski definition) is 1. The third kappa shape index (κ3) is 5.21. The average molecular weight is 406 g/mol.